The SMILES string of the molecule is CC(C)(C)c1ccnc(-n2c3[c-]c(Oc4[c-]c(N5[CH-]N(c6cc7c8c(c6)C(C)(C)c6cc(-c9ccccc9)ccc6N8c6ccc(-c8ccccc8)cc6C7(C)C)c6ccccc65)ccc4)ccc3c3cc(-c4ccccc4)ccc32)c1.[Pt]. The zero-order chi connectivity index (χ0) is 55.6. The molecule has 15 rings (SSSR count). The second-order valence-electron chi connectivity index (χ2n) is 24.2. The van der Waals surface area contributed by atoms with Crippen LogP contribution < -0.4 is 19.4 Å². The fraction of sp³-hybridized carbons (Fsp3) is 0.132. The fourth-order valence-electron chi connectivity index (χ4n) is 13.0. The Morgan fingerprint density at radius 2 is 1.00 bits per heavy atom. The minimum absolute atomic E-state index is 0. The summed E-state index contributed by atoms with van der Waals surface area (Å²) in [7, 11) is 0. The molecule has 0 unspecified atom stereocenters. The van der Waals surface area contributed by atoms with E-state index in [1.54, 1.807) is 0 Å². The molecule has 83 heavy (non-hydrogen) atoms. The molecule has 7 heteroatoms. The summed E-state index contributed by atoms with van der Waals surface area (Å²) in [6, 6.07) is 88.6. The van der Waals surface area contributed by atoms with Crippen molar-refractivity contribution < 1.29 is 25.8 Å². The Hall–Kier alpha value is -8.96. The Kier molecular flexibility index (Phi) is 12.3. The third-order valence-corrected chi connectivity index (χ3v) is 17.4. The van der Waals surface area contributed by atoms with E-state index >= 15 is 0 Å². The van der Waals surface area contributed by atoms with E-state index in [1.807, 2.05) is 24.4 Å². The van der Waals surface area contributed by atoms with E-state index in [-0.39, 0.29) is 37.3 Å². The van der Waals surface area contributed by atoms with Crippen LogP contribution in [-0.2, 0) is 37.3 Å². The minimum atomic E-state index is -0.362. The standard InChI is InChI=1S/C76H60N5O.Pt/c1-74(2,3)55-38-39-77-72(43-55)80-66-35-30-52(49-20-11-8-12-21-49)40-61(66)60-34-33-59(47-71(60)80)82-58-27-19-26-56(44-58)78-48-79(70-29-18-17-28-69(70)78)57-45-64-73-65(46-57)76(6,7)63-42-54(51-24-15-10-16-25-51)32-37-68(63)81(73)67-36-31-53(41-62(67)75(64,4)5)50-22-13-9-14-23-50;/h8-43,45-46,48H,1-7H3;/q-3;. The first-order valence-corrected chi connectivity index (χ1v) is 28.4. The number of hydrogen-bond acceptors (Lipinski definition) is 5. The van der Waals surface area contributed by atoms with Crippen LogP contribution in [0.4, 0.5) is 39.8 Å². The summed E-state index contributed by atoms with van der Waals surface area (Å²) in [5.74, 6) is 2.01. The normalized spacial score (nSPS) is 14.4. The van der Waals surface area contributed by atoms with Crippen LogP contribution in [0, 0.1) is 18.8 Å². The first-order valence-electron chi connectivity index (χ1n) is 28.4. The number of rotatable bonds is 8. The second-order valence-corrected chi connectivity index (χ2v) is 24.2. The molecule has 0 radical (unpaired) electrons. The number of fused-ring (bicyclic) bond motifs is 8. The van der Waals surface area contributed by atoms with E-state index in [4.69, 9.17) is 9.72 Å². The Balaban J connectivity index is 0.00000614. The summed E-state index contributed by atoms with van der Waals surface area (Å²) in [6.07, 6.45) is 1.92. The predicted octanol–water partition coefficient (Wildman–Crippen LogP) is 20.0. The first kappa shape index (κ1) is 52.1. The number of ether oxygens (including phenoxy) is 1. The molecular weight excluding hydrogens is 1190 g/mol. The molecule has 0 amide bonds. The molecule has 0 fully saturated rings. The van der Waals surface area contributed by atoms with E-state index in [0.717, 1.165) is 55.9 Å². The fourth-order valence-corrected chi connectivity index (χ4v) is 13.0. The van der Waals surface area contributed by atoms with E-state index in [0.29, 0.717) is 11.5 Å². The van der Waals surface area contributed by atoms with Gasteiger partial charge in [0.05, 0.1) is 17.1 Å². The van der Waals surface area contributed by atoms with Crippen molar-refractivity contribution in [2.24, 2.45) is 0 Å². The summed E-state index contributed by atoms with van der Waals surface area (Å²) in [5, 5.41) is 2.20. The Labute approximate surface area is 501 Å². The van der Waals surface area contributed by atoms with Gasteiger partial charge in [-0.15, -0.1) is 48.1 Å². The molecule has 0 saturated carbocycles. The molecule has 10 aromatic carbocycles. The molecule has 3 aliphatic rings. The summed E-state index contributed by atoms with van der Waals surface area (Å²) < 4.78 is 9.05. The molecule has 408 valence electrons. The summed E-state index contributed by atoms with van der Waals surface area (Å²) >= 11 is 0. The molecule has 12 aromatic rings. The van der Waals surface area contributed by atoms with Crippen LogP contribution in [0.2, 0.25) is 0 Å². The average molecular weight is 1250 g/mol. The van der Waals surface area contributed by atoms with Gasteiger partial charge in [0, 0.05) is 72.2 Å². The van der Waals surface area contributed by atoms with Crippen molar-refractivity contribution in [3.63, 3.8) is 0 Å². The van der Waals surface area contributed by atoms with Crippen molar-refractivity contribution in [1.29, 1.82) is 0 Å². The van der Waals surface area contributed by atoms with Gasteiger partial charge in [0.25, 0.3) is 0 Å². The maximum absolute atomic E-state index is 6.83. The third-order valence-electron chi connectivity index (χ3n) is 17.4. The van der Waals surface area contributed by atoms with Gasteiger partial charge in [-0.2, -0.15) is 12.1 Å². The molecule has 0 bridgehead atoms. The zero-order valence-corrected chi connectivity index (χ0v) is 49.7. The quantitative estimate of drug-likeness (QED) is 0.142. The van der Waals surface area contributed by atoms with Gasteiger partial charge in [-0.25, -0.2) is 4.98 Å². The smallest absolute Gasteiger partial charge is 0.135 e. The van der Waals surface area contributed by atoms with Gasteiger partial charge >= 0.3 is 0 Å². The van der Waals surface area contributed by atoms with Crippen molar-refractivity contribution >= 4 is 61.6 Å². The molecule has 6 nitrogen and oxygen atoms in total. The minimum Gasteiger partial charge on any atom is -0.509 e. The molecular formula is C76H60N5OPt-3. The van der Waals surface area contributed by atoms with E-state index in [2.05, 4.69) is 293 Å². The predicted molar refractivity (Wildman–Crippen MR) is 338 cm³/mol. The summed E-state index contributed by atoms with van der Waals surface area (Å²) in [6.45, 7) is 18.6. The second kappa shape index (κ2) is 19.6. The Morgan fingerprint density at radius 1 is 0.458 bits per heavy atom. The molecule has 0 saturated heterocycles. The number of aromatic nitrogens is 2. The third kappa shape index (κ3) is 8.52. The van der Waals surface area contributed by atoms with E-state index in [9.17, 15) is 0 Å². The number of pyridine rings is 1. The van der Waals surface area contributed by atoms with Gasteiger partial charge < -0.3 is 24.0 Å². The van der Waals surface area contributed by atoms with Crippen LogP contribution in [0.1, 0.15) is 76.3 Å². The number of para-hydroxylation sites is 2. The molecule has 0 N–H and O–H groups in total. The van der Waals surface area contributed by atoms with Gasteiger partial charge in [-0.1, -0.05) is 181 Å². The molecule has 0 atom stereocenters. The monoisotopic (exact) mass is 1250 g/mol. The number of nitrogens with zero attached hydrogens (tertiary/aromatic N) is 5. The van der Waals surface area contributed by atoms with Crippen LogP contribution in [-0.4, -0.2) is 9.55 Å². The van der Waals surface area contributed by atoms with Crippen molar-refractivity contribution in [1.82, 2.24) is 9.55 Å². The van der Waals surface area contributed by atoms with Crippen LogP contribution in [0.3, 0.4) is 0 Å². The van der Waals surface area contributed by atoms with Crippen LogP contribution in [0.5, 0.6) is 11.5 Å². The van der Waals surface area contributed by atoms with Crippen LogP contribution >= 0.6 is 0 Å². The summed E-state index contributed by atoms with van der Waals surface area (Å²) in [5.41, 5.74) is 22.5. The molecule has 0 aliphatic carbocycles. The van der Waals surface area contributed by atoms with Crippen molar-refractivity contribution in [2.75, 3.05) is 14.7 Å². The molecule has 5 heterocycles. The summed E-state index contributed by atoms with van der Waals surface area (Å²) in [4.78, 5) is 12.1. The van der Waals surface area contributed by atoms with Crippen LogP contribution in [0.15, 0.2) is 231 Å². The first-order chi connectivity index (χ1) is 39.8. The number of hydrogen-bond donors (Lipinski definition) is 0. The van der Waals surface area contributed by atoms with Gasteiger partial charge in [-0.3, -0.25) is 0 Å². The van der Waals surface area contributed by atoms with Gasteiger partial charge in [0.1, 0.15) is 5.82 Å². The number of anilines is 7. The van der Waals surface area contributed by atoms with Gasteiger partial charge in [0.2, 0.25) is 0 Å². The van der Waals surface area contributed by atoms with Crippen molar-refractivity contribution in [3.8, 4) is 50.7 Å². The number of benzene rings is 10. The molecule has 2 aromatic heterocycles. The maximum Gasteiger partial charge on any atom is 0.135 e. The van der Waals surface area contributed by atoms with Gasteiger partial charge in [0.15, 0.2) is 0 Å². The Morgan fingerprint density at radius 3 is 1.59 bits per heavy atom. The average Bonchev–Trinajstić information content (AvgIpc) is 2.45. The van der Waals surface area contributed by atoms with E-state index < -0.39 is 0 Å². The van der Waals surface area contributed by atoms with Crippen molar-refractivity contribution in [3.05, 3.63) is 277 Å². The van der Waals surface area contributed by atoms with E-state index in [1.165, 1.54) is 72.7 Å². The molecule has 3 aliphatic heterocycles. The Bertz CT molecular complexity index is 4400. The molecule has 0 spiro atoms. The zero-order valence-electron chi connectivity index (χ0n) is 47.5. The largest absolute Gasteiger partial charge is 0.509 e. The maximum atomic E-state index is 6.83. The van der Waals surface area contributed by atoms with Gasteiger partial charge in [-0.05, 0) is 139 Å². The van der Waals surface area contributed by atoms with Crippen molar-refractivity contribution in [2.45, 2.75) is 64.7 Å². The van der Waals surface area contributed by atoms with Crippen LogP contribution in [0.25, 0.3) is 61.0 Å². The topological polar surface area (TPSA) is 36.8 Å².